The van der Waals surface area contributed by atoms with Gasteiger partial charge in [0.15, 0.2) is 0 Å². The summed E-state index contributed by atoms with van der Waals surface area (Å²) in [4.78, 5) is 0. The van der Waals surface area contributed by atoms with E-state index in [1.165, 1.54) is 12.1 Å². The molecule has 0 saturated heterocycles. The minimum absolute atomic E-state index is 0.232. The molecular weight excluding hydrogens is 215 g/mol. The quantitative estimate of drug-likeness (QED) is 0.362. The maximum absolute atomic E-state index is 12.8. The van der Waals surface area contributed by atoms with Gasteiger partial charge in [-0.05, 0) is 17.7 Å². The highest BCUT2D eigenvalue weighted by Crippen LogP contribution is 2.02. The summed E-state index contributed by atoms with van der Waals surface area (Å²) in [7, 11) is 0. The highest BCUT2D eigenvalue weighted by atomic mass is 19.1. The van der Waals surface area contributed by atoms with Crippen LogP contribution in [0, 0.1) is 30.0 Å². The van der Waals surface area contributed by atoms with Crippen LogP contribution in [0.15, 0.2) is 29.4 Å². The highest BCUT2D eigenvalue weighted by molar-refractivity contribution is 5.61. The van der Waals surface area contributed by atoms with E-state index < -0.39 is 0 Å². The SMILES string of the molecule is C#CCC#CCN/N=C/Cc1cccc(F)c1. The molecule has 17 heavy (non-hydrogen) atoms. The van der Waals surface area contributed by atoms with E-state index in [9.17, 15) is 4.39 Å². The number of benzene rings is 1. The number of hydrazone groups is 1. The zero-order valence-electron chi connectivity index (χ0n) is 9.41. The van der Waals surface area contributed by atoms with Gasteiger partial charge in [-0.1, -0.05) is 29.9 Å². The molecule has 0 aromatic heterocycles. The van der Waals surface area contributed by atoms with Crippen LogP contribution in [0.4, 0.5) is 4.39 Å². The average Bonchev–Trinajstić information content (AvgIpc) is 2.33. The molecule has 1 aromatic carbocycles. The molecule has 0 aliphatic carbocycles. The van der Waals surface area contributed by atoms with Crippen molar-refractivity contribution in [1.29, 1.82) is 0 Å². The number of rotatable bonds is 4. The van der Waals surface area contributed by atoms with E-state index in [0.29, 0.717) is 19.4 Å². The van der Waals surface area contributed by atoms with E-state index >= 15 is 0 Å². The lowest BCUT2D eigenvalue weighted by Crippen LogP contribution is -2.05. The second kappa shape index (κ2) is 7.96. The number of hydrogen-bond donors (Lipinski definition) is 1. The molecule has 0 saturated carbocycles. The van der Waals surface area contributed by atoms with Crippen LogP contribution < -0.4 is 5.43 Å². The first-order valence-corrected chi connectivity index (χ1v) is 5.21. The fraction of sp³-hybridized carbons (Fsp3) is 0.214. The molecule has 3 heteroatoms. The van der Waals surface area contributed by atoms with Crippen molar-refractivity contribution in [3.63, 3.8) is 0 Å². The maximum atomic E-state index is 12.8. The Hall–Kier alpha value is -2.26. The second-order valence-corrected chi connectivity index (χ2v) is 3.22. The van der Waals surface area contributed by atoms with Gasteiger partial charge in [-0.2, -0.15) is 5.10 Å². The summed E-state index contributed by atoms with van der Waals surface area (Å²) in [5.74, 6) is 7.78. The van der Waals surface area contributed by atoms with E-state index in [1.807, 2.05) is 6.07 Å². The zero-order valence-corrected chi connectivity index (χ0v) is 9.41. The van der Waals surface area contributed by atoms with Gasteiger partial charge in [0.05, 0.1) is 13.0 Å². The molecule has 0 spiro atoms. The number of hydrogen-bond acceptors (Lipinski definition) is 2. The largest absolute Gasteiger partial charge is 0.298 e. The van der Waals surface area contributed by atoms with Crippen molar-refractivity contribution in [1.82, 2.24) is 5.43 Å². The van der Waals surface area contributed by atoms with E-state index in [2.05, 4.69) is 28.3 Å². The van der Waals surface area contributed by atoms with Gasteiger partial charge in [0.25, 0.3) is 0 Å². The summed E-state index contributed by atoms with van der Waals surface area (Å²) in [6.45, 7) is 0.460. The molecule has 0 bridgehead atoms. The molecule has 86 valence electrons. The van der Waals surface area contributed by atoms with Crippen molar-refractivity contribution < 1.29 is 4.39 Å². The molecule has 0 heterocycles. The first-order valence-electron chi connectivity index (χ1n) is 5.21. The molecule has 0 amide bonds. The first-order chi connectivity index (χ1) is 8.33. The van der Waals surface area contributed by atoms with Crippen molar-refractivity contribution >= 4 is 6.21 Å². The highest BCUT2D eigenvalue weighted by Gasteiger charge is 1.91. The Kier molecular flexibility index (Phi) is 6.00. The summed E-state index contributed by atoms with van der Waals surface area (Å²) in [6.07, 6.45) is 7.75. The van der Waals surface area contributed by atoms with Crippen LogP contribution in [-0.4, -0.2) is 12.8 Å². The lowest BCUT2D eigenvalue weighted by atomic mass is 10.2. The van der Waals surface area contributed by atoms with Crippen LogP contribution in [0.5, 0.6) is 0 Å². The lowest BCUT2D eigenvalue weighted by molar-refractivity contribution is 0.626. The third-order valence-corrected chi connectivity index (χ3v) is 1.88. The van der Waals surface area contributed by atoms with Crippen molar-refractivity contribution in [2.24, 2.45) is 5.10 Å². The van der Waals surface area contributed by atoms with Crippen LogP contribution in [0.3, 0.4) is 0 Å². The van der Waals surface area contributed by atoms with Crippen LogP contribution in [0.1, 0.15) is 12.0 Å². The van der Waals surface area contributed by atoms with Crippen molar-refractivity contribution in [3.8, 4) is 24.2 Å². The van der Waals surface area contributed by atoms with Gasteiger partial charge in [-0.25, -0.2) is 4.39 Å². The Morgan fingerprint density at radius 1 is 1.41 bits per heavy atom. The van der Waals surface area contributed by atoms with Crippen molar-refractivity contribution in [2.45, 2.75) is 12.8 Å². The minimum Gasteiger partial charge on any atom is -0.298 e. The van der Waals surface area contributed by atoms with Crippen LogP contribution in [0.2, 0.25) is 0 Å². The molecule has 0 fully saturated rings. The molecule has 0 aliphatic rings. The standard InChI is InChI=1S/C14H13FN2/c1-2-3-4-5-10-16-17-11-9-13-7-6-8-14(15)12-13/h1,6-8,11-12,16H,3,9-10H2/b17-11+. The predicted molar refractivity (Wildman–Crippen MR) is 67.8 cm³/mol. The Morgan fingerprint density at radius 3 is 3.06 bits per heavy atom. The van der Waals surface area contributed by atoms with E-state index in [4.69, 9.17) is 6.42 Å². The second-order valence-electron chi connectivity index (χ2n) is 3.22. The van der Waals surface area contributed by atoms with E-state index in [1.54, 1.807) is 12.3 Å². The smallest absolute Gasteiger partial charge is 0.123 e. The third-order valence-electron chi connectivity index (χ3n) is 1.88. The van der Waals surface area contributed by atoms with E-state index in [-0.39, 0.29) is 5.82 Å². The van der Waals surface area contributed by atoms with Crippen molar-refractivity contribution in [2.75, 3.05) is 6.54 Å². The van der Waals surface area contributed by atoms with Gasteiger partial charge in [0, 0.05) is 12.6 Å². The summed E-state index contributed by atoms with van der Waals surface area (Å²) >= 11 is 0. The Balaban J connectivity index is 2.23. The molecule has 2 nitrogen and oxygen atoms in total. The van der Waals surface area contributed by atoms with Gasteiger partial charge < -0.3 is 0 Å². The topological polar surface area (TPSA) is 24.4 Å². The van der Waals surface area contributed by atoms with Gasteiger partial charge in [0.2, 0.25) is 0 Å². The summed E-state index contributed by atoms with van der Waals surface area (Å²) in [6, 6.07) is 6.43. The maximum Gasteiger partial charge on any atom is 0.123 e. The molecule has 0 aliphatic heterocycles. The molecule has 1 rings (SSSR count). The summed E-state index contributed by atoms with van der Waals surface area (Å²) in [5.41, 5.74) is 3.65. The Labute approximate surface area is 101 Å². The Bertz CT molecular complexity index is 475. The van der Waals surface area contributed by atoms with Gasteiger partial charge >= 0.3 is 0 Å². The van der Waals surface area contributed by atoms with Crippen LogP contribution in [0.25, 0.3) is 0 Å². The third kappa shape index (κ3) is 6.02. The van der Waals surface area contributed by atoms with Crippen LogP contribution >= 0.6 is 0 Å². The molecule has 0 unspecified atom stereocenters. The van der Waals surface area contributed by atoms with Crippen molar-refractivity contribution in [3.05, 3.63) is 35.6 Å². The van der Waals surface area contributed by atoms with E-state index in [0.717, 1.165) is 5.56 Å². The minimum atomic E-state index is -0.232. The summed E-state index contributed by atoms with van der Waals surface area (Å²) in [5, 5.41) is 3.94. The summed E-state index contributed by atoms with van der Waals surface area (Å²) < 4.78 is 12.8. The molecule has 1 N–H and O–H groups in total. The molecule has 1 aromatic rings. The predicted octanol–water partition coefficient (Wildman–Crippen LogP) is 1.97. The molecule has 0 atom stereocenters. The number of terminal acetylenes is 1. The van der Waals surface area contributed by atoms with Gasteiger partial charge in [-0.15, -0.1) is 6.42 Å². The number of nitrogens with one attached hydrogen (secondary N) is 1. The van der Waals surface area contributed by atoms with Crippen LogP contribution in [-0.2, 0) is 6.42 Å². The number of nitrogens with zero attached hydrogens (tertiary/aromatic N) is 1. The normalized spacial score (nSPS) is 9.41. The average molecular weight is 228 g/mol. The lowest BCUT2D eigenvalue weighted by Gasteiger charge is -1.96. The Morgan fingerprint density at radius 2 is 2.29 bits per heavy atom. The molecular formula is C14H13FN2. The van der Waals surface area contributed by atoms with Gasteiger partial charge in [-0.3, -0.25) is 5.43 Å². The fourth-order valence-corrected chi connectivity index (χ4v) is 1.14. The first kappa shape index (κ1) is 12.8. The fourth-order valence-electron chi connectivity index (χ4n) is 1.14. The molecule has 0 radical (unpaired) electrons. The zero-order chi connectivity index (χ0) is 12.3. The number of halogens is 1. The van der Waals surface area contributed by atoms with Gasteiger partial charge in [0.1, 0.15) is 5.82 Å². The monoisotopic (exact) mass is 228 g/mol.